The highest BCUT2D eigenvalue weighted by molar-refractivity contribution is 5.84. The molecule has 30 heavy (non-hydrogen) atoms. The summed E-state index contributed by atoms with van der Waals surface area (Å²) in [5.74, 6) is 1.11. The van der Waals surface area contributed by atoms with Gasteiger partial charge >= 0.3 is 0 Å². The molecule has 1 aromatic heterocycles. The first-order valence-electron chi connectivity index (χ1n) is 10.9. The molecule has 0 unspecified atom stereocenters. The summed E-state index contributed by atoms with van der Waals surface area (Å²) in [4.78, 5) is 15.1. The molecule has 0 radical (unpaired) electrons. The average molecular weight is 406 g/mol. The topological polar surface area (TPSA) is 46.5 Å². The molecule has 2 heterocycles. The number of hydrogen-bond acceptors (Lipinski definition) is 3. The fourth-order valence-electron chi connectivity index (χ4n) is 4.38. The third kappa shape index (κ3) is 4.51. The third-order valence-corrected chi connectivity index (χ3v) is 6.19. The van der Waals surface area contributed by atoms with Crippen molar-refractivity contribution in [3.8, 4) is 5.75 Å². The maximum absolute atomic E-state index is 12.6. The molecule has 1 fully saturated rings. The van der Waals surface area contributed by atoms with Crippen molar-refractivity contribution in [2.45, 2.75) is 39.4 Å². The predicted octanol–water partition coefficient (Wildman–Crippen LogP) is 4.20. The number of aryl methyl sites for hydroxylation is 1. The molecule has 1 aliphatic heterocycles. The van der Waals surface area contributed by atoms with Crippen LogP contribution in [0.5, 0.6) is 5.75 Å². The zero-order valence-electron chi connectivity index (χ0n) is 17.9. The van der Waals surface area contributed by atoms with E-state index in [1.165, 1.54) is 16.5 Å². The lowest BCUT2D eigenvalue weighted by atomic mass is 9.95. The summed E-state index contributed by atoms with van der Waals surface area (Å²) in [6.45, 7) is 6.62. The second kappa shape index (κ2) is 9.35. The van der Waals surface area contributed by atoms with Crippen LogP contribution in [0.3, 0.4) is 0 Å². The fourth-order valence-corrected chi connectivity index (χ4v) is 4.38. The number of para-hydroxylation sites is 1. The van der Waals surface area contributed by atoms with Crippen LogP contribution in [0.4, 0.5) is 0 Å². The van der Waals surface area contributed by atoms with Crippen LogP contribution in [0.25, 0.3) is 10.9 Å². The van der Waals surface area contributed by atoms with Gasteiger partial charge in [0.1, 0.15) is 5.75 Å². The highest BCUT2D eigenvalue weighted by Crippen LogP contribution is 2.25. The molecule has 1 N–H and O–H groups in total. The molecule has 0 saturated carbocycles. The van der Waals surface area contributed by atoms with E-state index in [-0.39, 0.29) is 11.8 Å². The Kier molecular flexibility index (Phi) is 6.38. The Bertz CT molecular complexity index is 985. The van der Waals surface area contributed by atoms with E-state index in [1.54, 1.807) is 7.11 Å². The van der Waals surface area contributed by atoms with Crippen LogP contribution in [-0.4, -0.2) is 35.6 Å². The number of nitrogens with one attached hydrogen (secondary N) is 1. The minimum absolute atomic E-state index is 0.108. The average Bonchev–Trinajstić information content (AvgIpc) is 3.16. The van der Waals surface area contributed by atoms with Gasteiger partial charge in [-0.05, 0) is 62.2 Å². The smallest absolute Gasteiger partial charge is 0.223 e. The first-order chi connectivity index (χ1) is 14.7. The number of hydrogen-bond donors (Lipinski definition) is 1. The second-order valence-electron chi connectivity index (χ2n) is 8.07. The van der Waals surface area contributed by atoms with Crippen LogP contribution in [0, 0.1) is 5.92 Å². The van der Waals surface area contributed by atoms with Gasteiger partial charge in [0.15, 0.2) is 0 Å². The van der Waals surface area contributed by atoms with Crippen molar-refractivity contribution >= 4 is 16.8 Å². The monoisotopic (exact) mass is 405 g/mol. The highest BCUT2D eigenvalue weighted by Gasteiger charge is 2.25. The lowest BCUT2D eigenvalue weighted by molar-refractivity contribution is -0.126. The van der Waals surface area contributed by atoms with Crippen molar-refractivity contribution in [3.63, 3.8) is 0 Å². The van der Waals surface area contributed by atoms with Crippen molar-refractivity contribution in [2.24, 2.45) is 5.92 Å². The maximum atomic E-state index is 12.6. The summed E-state index contributed by atoms with van der Waals surface area (Å²) < 4.78 is 7.50. The summed E-state index contributed by atoms with van der Waals surface area (Å²) in [6.07, 6.45) is 4.13. The molecule has 2 aromatic carbocycles. The van der Waals surface area contributed by atoms with Crippen LogP contribution in [0.2, 0.25) is 0 Å². The van der Waals surface area contributed by atoms with E-state index in [1.807, 2.05) is 24.3 Å². The Morgan fingerprint density at radius 1 is 1.10 bits per heavy atom. The van der Waals surface area contributed by atoms with E-state index < -0.39 is 0 Å². The molecule has 4 rings (SSSR count). The molecule has 0 bridgehead atoms. The third-order valence-electron chi connectivity index (χ3n) is 6.19. The quantitative estimate of drug-likeness (QED) is 0.641. The van der Waals surface area contributed by atoms with E-state index in [0.29, 0.717) is 6.54 Å². The summed E-state index contributed by atoms with van der Waals surface area (Å²) in [5.41, 5.74) is 3.78. The Balaban J connectivity index is 1.29. The van der Waals surface area contributed by atoms with Crippen molar-refractivity contribution in [2.75, 3.05) is 20.2 Å². The number of carbonyl (C=O) groups excluding carboxylic acids is 1. The second-order valence-corrected chi connectivity index (χ2v) is 8.07. The van der Waals surface area contributed by atoms with Gasteiger partial charge in [-0.25, -0.2) is 0 Å². The number of ether oxygens (including phenoxy) is 1. The molecule has 5 nitrogen and oxygen atoms in total. The van der Waals surface area contributed by atoms with Gasteiger partial charge in [-0.3, -0.25) is 9.69 Å². The van der Waals surface area contributed by atoms with Crippen molar-refractivity contribution in [1.29, 1.82) is 0 Å². The Hall–Kier alpha value is -2.79. The number of piperidine rings is 1. The van der Waals surface area contributed by atoms with Crippen molar-refractivity contribution in [1.82, 2.24) is 14.8 Å². The standard InChI is InChI=1S/C25H31N3O2/c1-3-28-18-21(23-6-4-5-7-24(23)28)17-27-14-12-20(13-15-27)25(29)26-16-19-8-10-22(30-2)11-9-19/h4-11,18,20H,3,12-17H2,1-2H3,(H,26,29). The number of benzene rings is 2. The van der Waals surface area contributed by atoms with Gasteiger partial charge in [-0.15, -0.1) is 0 Å². The Labute approximate surface area is 178 Å². The number of aromatic nitrogens is 1. The van der Waals surface area contributed by atoms with E-state index in [2.05, 4.69) is 52.2 Å². The normalized spacial score (nSPS) is 15.4. The molecule has 0 aliphatic carbocycles. The van der Waals surface area contributed by atoms with Gasteiger partial charge in [-0.2, -0.15) is 0 Å². The van der Waals surface area contributed by atoms with Crippen LogP contribution in [0.1, 0.15) is 30.9 Å². The summed E-state index contributed by atoms with van der Waals surface area (Å²) >= 11 is 0. The van der Waals surface area contributed by atoms with Crippen LogP contribution in [-0.2, 0) is 24.4 Å². The number of carbonyl (C=O) groups is 1. The van der Waals surface area contributed by atoms with Crippen molar-refractivity contribution in [3.05, 3.63) is 65.9 Å². The molecule has 158 valence electrons. The van der Waals surface area contributed by atoms with Gasteiger partial charge in [0.25, 0.3) is 0 Å². The first kappa shape index (κ1) is 20.5. The number of nitrogens with zero attached hydrogens (tertiary/aromatic N) is 2. The number of fused-ring (bicyclic) bond motifs is 1. The molecular formula is C25H31N3O2. The van der Waals surface area contributed by atoms with E-state index >= 15 is 0 Å². The minimum Gasteiger partial charge on any atom is -0.497 e. The van der Waals surface area contributed by atoms with Gasteiger partial charge in [0.05, 0.1) is 7.11 Å². The fraction of sp³-hybridized carbons (Fsp3) is 0.400. The lowest BCUT2D eigenvalue weighted by Crippen LogP contribution is -2.40. The molecule has 3 aromatic rings. The lowest BCUT2D eigenvalue weighted by Gasteiger charge is -2.31. The Morgan fingerprint density at radius 3 is 2.53 bits per heavy atom. The first-order valence-corrected chi connectivity index (χ1v) is 10.9. The van der Waals surface area contributed by atoms with E-state index in [9.17, 15) is 4.79 Å². The zero-order chi connectivity index (χ0) is 20.9. The number of rotatable bonds is 7. The molecular weight excluding hydrogens is 374 g/mol. The number of amides is 1. The highest BCUT2D eigenvalue weighted by atomic mass is 16.5. The largest absolute Gasteiger partial charge is 0.497 e. The molecule has 5 heteroatoms. The maximum Gasteiger partial charge on any atom is 0.223 e. The molecule has 0 atom stereocenters. The summed E-state index contributed by atoms with van der Waals surface area (Å²) in [5, 5.41) is 4.45. The van der Waals surface area contributed by atoms with Crippen LogP contribution in [0.15, 0.2) is 54.7 Å². The molecule has 1 saturated heterocycles. The van der Waals surface area contributed by atoms with Crippen LogP contribution >= 0.6 is 0 Å². The van der Waals surface area contributed by atoms with Gasteiger partial charge < -0.3 is 14.6 Å². The van der Waals surface area contributed by atoms with E-state index in [4.69, 9.17) is 4.74 Å². The Morgan fingerprint density at radius 2 is 1.83 bits per heavy atom. The van der Waals surface area contributed by atoms with Gasteiger partial charge in [-0.1, -0.05) is 30.3 Å². The predicted molar refractivity (Wildman–Crippen MR) is 120 cm³/mol. The molecule has 0 spiro atoms. The summed E-state index contributed by atoms with van der Waals surface area (Å²) in [6, 6.07) is 16.5. The van der Waals surface area contributed by atoms with Crippen molar-refractivity contribution < 1.29 is 9.53 Å². The zero-order valence-corrected chi connectivity index (χ0v) is 17.9. The number of methoxy groups -OCH3 is 1. The van der Waals surface area contributed by atoms with Crippen LogP contribution < -0.4 is 10.1 Å². The number of likely N-dealkylation sites (tertiary alicyclic amines) is 1. The van der Waals surface area contributed by atoms with E-state index in [0.717, 1.165) is 50.3 Å². The SMILES string of the molecule is CCn1cc(CN2CCC(C(=O)NCc3ccc(OC)cc3)CC2)c2ccccc21. The van der Waals surface area contributed by atoms with Gasteiger partial charge in [0, 0.05) is 42.7 Å². The summed E-state index contributed by atoms with van der Waals surface area (Å²) in [7, 11) is 1.66. The molecule has 1 aliphatic rings. The minimum atomic E-state index is 0.108. The molecule has 1 amide bonds. The van der Waals surface area contributed by atoms with Gasteiger partial charge in [0.2, 0.25) is 5.91 Å².